The quantitative estimate of drug-likeness (QED) is 0.752. The van der Waals surface area contributed by atoms with Gasteiger partial charge in [0.25, 0.3) is 0 Å². The summed E-state index contributed by atoms with van der Waals surface area (Å²) in [6.07, 6.45) is 1.44. The Morgan fingerprint density at radius 1 is 1.15 bits per heavy atom. The van der Waals surface area contributed by atoms with Gasteiger partial charge in [0.2, 0.25) is 0 Å². The first kappa shape index (κ1) is 12.2. The van der Waals surface area contributed by atoms with Gasteiger partial charge in [0.1, 0.15) is 0 Å². The van der Waals surface area contributed by atoms with Crippen molar-refractivity contribution in [3.63, 3.8) is 0 Å². The third kappa shape index (κ3) is 1.80. The predicted octanol–water partition coefficient (Wildman–Crippen LogP) is 3.17. The van der Waals surface area contributed by atoms with E-state index < -0.39 is 17.5 Å². The van der Waals surface area contributed by atoms with Crippen LogP contribution in [0.1, 0.15) is 10.4 Å². The lowest BCUT2D eigenvalue weighted by molar-refractivity contribution is 0.0699. The Bertz CT molecular complexity index is 823. The minimum absolute atomic E-state index is 0.147. The van der Waals surface area contributed by atoms with Crippen molar-refractivity contribution in [1.29, 1.82) is 0 Å². The second-order valence-corrected chi connectivity index (χ2v) is 4.37. The number of hydrogen-bond donors (Lipinski definition) is 2. The number of nitrogens with zero attached hydrogens (tertiary/aromatic N) is 1. The van der Waals surface area contributed by atoms with Crippen molar-refractivity contribution in [3.05, 3.63) is 60.0 Å². The first-order valence-corrected chi connectivity index (χ1v) is 5.90. The van der Waals surface area contributed by atoms with Gasteiger partial charge in [-0.2, -0.15) is 0 Å². The zero-order valence-corrected chi connectivity index (χ0v) is 10.2. The Labute approximate surface area is 113 Å². The number of hydrogen-bond acceptors (Lipinski definition) is 2. The van der Waals surface area contributed by atoms with Crippen molar-refractivity contribution in [2.75, 3.05) is 0 Å². The molecule has 0 spiro atoms. The van der Waals surface area contributed by atoms with Crippen LogP contribution < -0.4 is 0 Å². The molecule has 5 heteroatoms. The molecule has 1 aromatic heterocycles. The summed E-state index contributed by atoms with van der Waals surface area (Å²) in [6.45, 7) is 0. The molecule has 4 nitrogen and oxygen atoms in total. The number of carboxylic acids is 1. The maximum atomic E-state index is 13.5. The highest BCUT2D eigenvalue weighted by atomic mass is 19.1. The van der Waals surface area contributed by atoms with Crippen LogP contribution in [0.4, 0.5) is 4.39 Å². The Morgan fingerprint density at radius 2 is 1.90 bits per heavy atom. The molecule has 2 aromatic carbocycles. The van der Waals surface area contributed by atoms with E-state index in [1.807, 2.05) is 0 Å². The van der Waals surface area contributed by atoms with Crippen molar-refractivity contribution in [2.45, 2.75) is 0 Å². The van der Waals surface area contributed by atoms with Gasteiger partial charge in [0.05, 0.1) is 11.1 Å². The van der Waals surface area contributed by atoms with Gasteiger partial charge in [-0.1, -0.05) is 18.2 Å². The first-order valence-electron chi connectivity index (χ1n) is 5.90. The van der Waals surface area contributed by atoms with E-state index in [4.69, 9.17) is 0 Å². The van der Waals surface area contributed by atoms with Crippen molar-refractivity contribution in [3.8, 4) is 11.4 Å². The number of aromatic hydroxyl groups is 1. The summed E-state index contributed by atoms with van der Waals surface area (Å²) < 4.78 is 15.0. The minimum atomic E-state index is -1.04. The van der Waals surface area contributed by atoms with Crippen LogP contribution in [0.3, 0.4) is 0 Å². The molecule has 100 valence electrons. The summed E-state index contributed by atoms with van der Waals surface area (Å²) >= 11 is 0. The summed E-state index contributed by atoms with van der Waals surface area (Å²) in [6, 6.07) is 10.9. The Hall–Kier alpha value is -2.82. The van der Waals surface area contributed by atoms with E-state index in [9.17, 15) is 19.4 Å². The lowest BCUT2D eigenvalue weighted by Gasteiger charge is -2.06. The number of aromatic nitrogens is 1. The molecule has 0 aliphatic rings. The van der Waals surface area contributed by atoms with Crippen LogP contribution in [0.5, 0.6) is 5.75 Å². The Kier molecular flexibility index (Phi) is 2.68. The van der Waals surface area contributed by atoms with E-state index in [2.05, 4.69) is 0 Å². The third-order valence-electron chi connectivity index (χ3n) is 3.15. The minimum Gasteiger partial charge on any atom is -0.505 e. The highest BCUT2D eigenvalue weighted by molar-refractivity contribution is 6.04. The molecule has 0 bridgehead atoms. The molecule has 20 heavy (non-hydrogen) atoms. The maximum absolute atomic E-state index is 13.5. The zero-order valence-electron chi connectivity index (χ0n) is 10.2. The normalized spacial score (nSPS) is 10.8. The zero-order chi connectivity index (χ0) is 14.3. The topological polar surface area (TPSA) is 62.5 Å². The number of para-hydroxylation sites is 1. The number of halogens is 1. The average molecular weight is 271 g/mol. The molecule has 0 aliphatic heterocycles. The molecule has 0 saturated carbocycles. The van der Waals surface area contributed by atoms with Crippen molar-refractivity contribution >= 4 is 16.9 Å². The van der Waals surface area contributed by atoms with Crippen molar-refractivity contribution in [1.82, 2.24) is 4.57 Å². The molecular weight excluding hydrogens is 261 g/mol. The van der Waals surface area contributed by atoms with Crippen LogP contribution in [0.25, 0.3) is 16.6 Å². The van der Waals surface area contributed by atoms with E-state index in [0.29, 0.717) is 16.6 Å². The van der Waals surface area contributed by atoms with Crippen molar-refractivity contribution in [2.24, 2.45) is 0 Å². The second-order valence-electron chi connectivity index (χ2n) is 4.37. The molecule has 0 aliphatic carbocycles. The molecule has 0 atom stereocenters. The van der Waals surface area contributed by atoms with Gasteiger partial charge >= 0.3 is 5.97 Å². The summed E-state index contributed by atoms with van der Waals surface area (Å²) in [5, 5.41) is 19.0. The monoisotopic (exact) mass is 271 g/mol. The first-order chi connectivity index (χ1) is 9.58. The Morgan fingerprint density at radius 3 is 2.60 bits per heavy atom. The SMILES string of the molecule is O=C(O)c1cn(-c2ccc(O)c(F)c2)c2ccccc12. The molecule has 1 heterocycles. The van der Waals surface area contributed by atoms with E-state index in [1.165, 1.54) is 18.3 Å². The molecule has 0 radical (unpaired) electrons. The van der Waals surface area contributed by atoms with Gasteiger partial charge in [-0.15, -0.1) is 0 Å². The number of fused-ring (bicyclic) bond motifs is 1. The van der Waals surface area contributed by atoms with Crippen LogP contribution in [-0.4, -0.2) is 20.7 Å². The molecule has 3 rings (SSSR count). The molecule has 0 fully saturated rings. The van der Waals surface area contributed by atoms with Crippen LogP contribution in [0.15, 0.2) is 48.7 Å². The fourth-order valence-corrected chi connectivity index (χ4v) is 2.21. The Balaban J connectivity index is 2.31. The lowest BCUT2D eigenvalue weighted by Crippen LogP contribution is -1.95. The summed E-state index contributed by atoms with van der Waals surface area (Å²) in [7, 11) is 0. The molecule has 0 saturated heterocycles. The maximum Gasteiger partial charge on any atom is 0.337 e. The molecule has 0 unspecified atom stereocenters. The van der Waals surface area contributed by atoms with E-state index in [0.717, 1.165) is 6.07 Å². The number of carboxylic acid groups (broad SMARTS) is 1. The largest absolute Gasteiger partial charge is 0.505 e. The van der Waals surface area contributed by atoms with Gasteiger partial charge in [-0.25, -0.2) is 9.18 Å². The smallest absolute Gasteiger partial charge is 0.337 e. The lowest BCUT2D eigenvalue weighted by atomic mass is 10.2. The number of rotatable bonds is 2. The second kappa shape index (κ2) is 4.38. The van der Waals surface area contributed by atoms with Crippen LogP contribution in [-0.2, 0) is 0 Å². The van der Waals surface area contributed by atoms with Crippen LogP contribution in [0, 0.1) is 5.82 Å². The number of carbonyl (C=O) groups is 1. The van der Waals surface area contributed by atoms with Crippen molar-refractivity contribution < 1.29 is 19.4 Å². The van der Waals surface area contributed by atoms with E-state index in [1.54, 1.807) is 28.8 Å². The fourth-order valence-electron chi connectivity index (χ4n) is 2.21. The standard InChI is InChI=1S/C15H10FNO3/c16-12-7-9(5-6-14(12)18)17-8-11(15(19)20)10-3-1-2-4-13(10)17/h1-8,18H,(H,19,20). The van der Waals surface area contributed by atoms with Gasteiger partial charge < -0.3 is 14.8 Å². The van der Waals surface area contributed by atoms with Gasteiger partial charge in [0, 0.05) is 23.3 Å². The summed E-state index contributed by atoms with van der Waals surface area (Å²) in [4.78, 5) is 11.3. The highest BCUT2D eigenvalue weighted by Gasteiger charge is 2.15. The predicted molar refractivity (Wildman–Crippen MR) is 71.9 cm³/mol. The average Bonchev–Trinajstić information content (AvgIpc) is 2.82. The molecule has 3 aromatic rings. The molecule has 0 amide bonds. The number of phenolic OH excluding ortho intramolecular Hbond substituents is 1. The van der Waals surface area contributed by atoms with Gasteiger partial charge in [-0.05, 0) is 18.2 Å². The molecule has 2 N–H and O–H groups in total. The fraction of sp³-hybridized carbons (Fsp3) is 0. The summed E-state index contributed by atoms with van der Waals surface area (Å²) in [5.41, 5.74) is 1.26. The summed E-state index contributed by atoms with van der Waals surface area (Å²) in [5.74, 6) is -2.24. The third-order valence-corrected chi connectivity index (χ3v) is 3.15. The van der Waals surface area contributed by atoms with Crippen LogP contribution >= 0.6 is 0 Å². The van der Waals surface area contributed by atoms with E-state index in [-0.39, 0.29) is 5.56 Å². The molecular formula is C15H10FNO3. The van der Waals surface area contributed by atoms with Crippen LogP contribution in [0.2, 0.25) is 0 Å². The van der Waals surface area contributed by atoms with Gasteiger partial charge in [-0.3, -0.25) is 0 Å². The highest BCUT2D eigenvalue weighted by Crippen LogP contribution is 2.27. The number of aromatic carboxylic acids is 1. The number of benzene rings is 2. The van der Waals surface area contributed by atoms with E-state index >= 15 is 0 Å². The van der Waals surface area contributed by atoms with Gasteiger partial charge in [0.15, 0.2) is 11.6 Å². The number of phenols is 1.